The van der Waals surface area contributed by atoms with Crippen molar-refractivity contribution in [2.75, 3.05) is 6.54 Å². The van der Waals surface area contributed by atoms with E-state index >= 15 is 0 Å². The van der Waals surface area contributed by atoms with Crippen LogP contribution in [0.5, 0.6) is 0 Å². The number of aryl methyl sites for hydroxylation is 1. The van der Waals surface area contributed by atoms with E-state index in [1.165, 1.54) is 5.56 Å². The molecule has 2 N–H and O–H groups in total. The molecule has 1 aromatic rings. The van der Waals surface area contributed by atoms with E-state index in [-0.39, 0.29) is 11.2 Å². The number of hydrogen-bond donors (Lipinski definition) is 1. The summed E-state index contributed by atoms with van der Waals surface area (Å²) in [4.78, 5) is 0. The second kappa shape index (κ2) is 3.87. The van der Waals surface area contributed by atoms with Crippen LogP contribution < -0.4 is 5.73 Å². The first-order valence-corrected chi connectivity index (χ1v) is 6.11. The van der Waals surface area contributed by atoms with Crippen LogP contribution in [0, 0.1) is 5.82 Å². The van der Waals surface area contributed by atoms with E-state index in [2.05, 4.69) is 15.9 Å². The molecule has 0 aliphatic heterocycles. The van der Waals surface area contributed by atoms with Gasteiger partial charge in [0.15, 0.2) is 0 Å². The number of rotatable bonds is 3. The predicted molar refractivity (Wildman–Crippen MR) is 63.4 cm³/mol. The van der Waals surface area contributed by atoms with Gasteiger partial charge in [-0.25, -0.2) is 4.39 Å². The third kappa shape index (κ3) is 1.83. The molecule has 0 unspecified atom stereocenters. The topological polar surface area (TPSA) is 26.0 Å². The highest BCUT2D eigenvalue weighted by molar-refractivity contribution is 9.10. The highest BCUT2D eigenvalue weighted by Gasteiger charge is 2.43. The van der Waals surface area contributed by atoms with Crippen LogP contribution in [0.2, 0.25) is 0 Å². The molecule has 1 aromatic carbocycles. The van der Waals surface area contributed by atoms with Gasteiger partial charge in [-0.15, -0.1) is 0 Å². The van der Waals surface area contributed by atoms with E-state index in [0.717, 1.165) is 24.8 Å². The van der Waals surface area contributed by atoms with Gasteiger partial charge in [-0.3, -0.25) is 0 Å². The monoisotopic (exact) mass is 271 g/mol. The van der Waals surface area contributed by atoms with Gasteiger partial charge in [-0.05, 0) is 52.4 Å². The van der Waals surface area contributed by atoms with Gasteiger partial charge < -0.3 is 5.73 Å². The minimum Gasteiger partial charge on any atom is -0.330 e. The van der Waals surface area contributed by atoms with Gasteiger partial charge in [0.05, 0.1) is 4.47 Å². The molecule has 1 fully saturated rings. The molecule has 82 valence electrons. The summed E-state index contributed by atoms with van der Waals surface area (Å²) in [7, 11) is 0. The largest absolute Gasteiger partial charge is 0.330 e. The van der Waals surface area contributed by atoms with E-state index in [1.54, 1.807) is 0 Å². The van der Waals surface area contributed by atoms with Crippen molar-refractivity contribution in [1.82, 2.24) is 0 Å². The van der Waals surface area contributed by atoms with Crippen LogP contribution in [0.4, 0.5) is 4.39 Å². The number of hydrogen-bond acceptors (Lipinski definition) is 1. The Bertz CT molecular complexity index is 385. The van der Waals surface area contributed by atoms with Crippen molar-refractivity contribution in [2.24, 2.45) is 5.73 Å². The van der Waals surface area contributed by atoms with Crippen molar-refractivity contribution < 1.29 is 4.39 Å². The summed E-state index contributed by atoms with van der Waals surface area (Å²) in [5, 5.41) is 0. The SMILES string of the molecule is CCc1cc(C2(CN)CC2)cc(Br)c1F. The van der Waals surface area contributed by atoms with Crippen molar-refractivity contribution in [1.29, 1.82) is 0 Å². The first-order chi connectivity index (χ1) is 7.13. The van der Waals surface area contributed by atoms with Crippen LogP contribution in [-0.2, 0) is 11.8 Å². The van der Waals surface area contributed by atoms with Gasteiger partial charge >= 0.3 is 0 Å². The van der Waals surface area contributed by atoms with Crippen molar-refractivity contribution >= 4 is 15.9 Å². The van der Waals surface area contributed by atoms with Crippen LogP contribution in [-0.4, -0.2) is 6.54 Å². The van der Waals surface area contributed by atoms with Crippen LogP contribution in [0.25, 0.3) is 0 Å². The standard InChI is InChI=1S/C12H15BrFN/c1-2-8-5-9(6-10(13)11(8)14)12(7-15)3-4-12/h5-6H,2-4,7,15H2,1H3. The Hall–Kier alpha value is -0.410. The molecule has 0 saturated heterocycles. The van der Waals surface area contributed by atoms with Gasteiger partial charge in [-0.2, -0.15) is 0 Å². The summed E-state index contributed by atoms with van der Waals surface area (Å²) in [6, 6.07) is 3.86. The minimum absolute atomic E-state index is 0.130. The Balaban J connectivity index is 2.46. The first-order valence-electron chi connectivity index (χ1n) is 5.31. The molecule has 0 spiro atoms. The van der Waals surface area contributed by atoms with Gasteiger partial charge in [0.2, 0.25) is 0 Å². The maximum atomic E-state index is 13.6. The van der Waals surface area contributed by atoms with E-state index in [4.69, 9.17) is 5.73 Å². The Morgan fingerprint density at radius 2 is 2.13 bits per heavy atom. The molecule has 3 heteroatoms. The second-order valence-corrected chi connectivity index (χ2v) is 5.12. The molecule has 1 aliphatic carbocycles. The van der Waals surface area contributed by atoms with Gasteiger partial charge in [-0.1, -0.05) is 13.0 Å². The summed E-state index contributed by atoms with van der Waals surface area (Å²) < 4.78 is 14.2. The Kier molecular flexibility index (Phi) is 2.86. The molecule has 0 atom stereocenters. The molecule has 0 amide bonds. The van der Waals surface area contributed by atoms with Crippen molar-refractivity contribution in [3.63, 3.8) is 0 Å². The number of halogens is 2. The maximum Gasteiger partial charge on any atom is 0.140 e. The summed E-state index contributed by atoms with van der Waals surface area (Å²) >= 11 is 3.27. The summed E-state index contributed by atoms with van der Waals surface area (Å²) in [5.41, 5.74) is 7.88. The van der Waals surface area contributed by atoms with E-state index in [9.17, 15) is 4.39 Å². The predicted octanol–water partition coefficient (Wildman–Crippen LogP) is 3.14. The van der Waals surface area contributed by atoms with E-state index < -0.39 is 0 Å². The minimum atomic E-state index is -0.130. The van der Waals surface area contributed by atoms with Gasteiger partial charge in [0, 0.05) is 12.0 Å². The zero-order valence-corrected chi connectivity index (χ0v) is 10.4. The summed E-state index contributed by atoms with van der Waals surface area (Å²) in [6.07, 6.45) is 2.98. The Labute approximate surface area is 98.0 Å². The quantitative estimate of drug-likeness (QED) is 0.898. The van der Waals surface area contributed by atoms with Crippen molar-refractivity contribution in [2.45, 2.75) is 31.6 Å². The lowest BCUT2D eigenvalue weighted by Gasteiger charge is -2.15. The molecule has 0 bridgehead atoms. The first kappa shape index (κ1) is 11.1. The normalized spacial score (nSPS) is 17.9. The molecule has 0 radical (unpaired) electrons. The molecular weight excluding hydrogens is 257 g/mol. The van der Waals surface area contributed by atoms with Crippen LogP contribution >= 0.6 is 15.9 Å². The summed E-state index contributed by atoms with van der Waals surface area (Å²) in [5.74, 6) is -0.130. The molecule has 0 heterocycles. The third-order valence-corrected chi connectivity index (χ3v) is 3.92. The van der Waals surface area contributed by atoms with Gasteiger partial charge in [0.1, 0.15) is 5.82 Å². The van der Waals surface area contributed by atoms with E-state index in [1.807, 2.05) is 19.1 Å². The zero-order chi connectivity index (χ0) is 11.1. The van der Waals surface area contributed by atoms with E-state index in [0.29, 0.717) is 11.0 Å². The lowest BCUT2D eigenvalue weighted by atomic mass is 9.94. The fourth-order valence-electron chi connectivity index (χ4n) is 1.97. The number of benzene rings is 1. The molecule has 0 aromatic heterocycles. The second-order valence-electron chi connectivity index (χ2n) is 4.27. The lowest BCUT2D eigenvalue weighted by Crippen LogP contribution is -2.20. The fourth-order valence-corrected chi connectivity index (χ4v) is 2.47. The summed E-state index contributed by atoms with van der Waals surface area (Å²) in [6.45, 7) is 2.63. The molecule has 1 aliphatic rings. The molecule has 2 rings (SSSR count). The Morgan fingerprint density at radius 3 is 2.60 bits per heavy atom. The Morgan fingerprint density at radius 1 is 1.47 bits per heavy atom. The molecular formula is C12H15BrFN. The average molecular weight is 272 g/mol. The average Bonchev–Trinajstić information content (AvgIpc) is 3.02. The number of nitrogens with two attached hydrogens (primary N) is 1. The van der Waals surface area contributed by atoms with Crippen LogP contribution in [0.3, 0.4) is 0 Å². The highest BCUT2D eigenvalue weighted by Crippen LogP contribution is 2.48. The lowest BCUT2D eigenvalue weighted by molar-refractivity contribution is 0.600. The van der Waals surface area contributed by atoms with Gasteiger partial charge in [0.25, 0.3) is 0 Å². The molecule has 1 saturated carbocycles. The zero-order valence-electron chi connectivity index (χ0n) is 8.82. The smallest absolute Gasteiger partial charge is 0.140 e. The molecule has 15 heavy (non-hydrogen) atoms. The van der Waals surface area contributed by atoms with Crippen molar-refractivity contribution in [3.8, 4) is 0 Å². The molecule has 1 nitrogen and oxygen atoms in total. The van der Waals surface area contributed by atoms with Crippen LogP contribution in [0.1, 0.15) is 30.9 Å². The highest BCUT2D eigenvalue weighted by atomic mass is 79.9. The van der Waals surface area contributed by atoms with Crippen molar-refractivity contribution in [3.05, 3.63) is 33.5 Å². The maximum absolute atomic E-state index is 13.6. The van der Waals surface area contributed by atoms with Crippen LogP contribution in [0.15, 0.2) is 16.6 Å². The third-order valence-electron chi connectivity index (χ3n) is 3.34. The fraction of sp³-hybridized carbons (Fsp3) is 0.500.